The van der Waals surface area contributed by atoms with Crippen molar-refractivity contribution in [2.24, 2.45) is 0 Å². The molecule has 1 heterocycles. The SMILES string of the molecule is COc1cc2ncc(NC3CCCCC3)nc2cc1Br.Cl. The first-order valence-electron chi connectivity index (χ1n) is 7.03. The molecule has 1 aliphatic carbocycles. The second-order valence-corrected chi connectivity index (χ2v) is 6.06. The summed E-state index contributed by atoms with van der Waals surface area (Å²) < 4.78 is 6.17. The summed E-state index contributed by atoms with van der Waals surface area (Å²) in [6.07, 6.45) is 8.24. The highest BCUT2D eigenvalue weighted by atomic mass is 79.9. The Bertz CT molecular complexity index is 617. The molecule has 0 saturated heterocycles. The molecule has 1 N–H and O–H groups in total. The summed E-state index contributed by atoms with van der Waals surface area (Å²) in [4.78, 5) is 9.12. The van der Waals surface area contributed by atoms with Crippen molar-refractivity contribution < 1.29 is 4.74 Å². The van der Waals surface area contributed by atoms with E-state index in [4.69, 9.17) is 4.74 Å². The van der Waals surface area contributed by atoms with Crippen LogP contribution in [-0.2, 0) is 0 Å². The third-order valence-electron chi connectivity index (χ3n) is 3.77. The average Bonchev–Trinajstić information content (AvgIpc) is 2.47. The molecule has 0 spiro atoms. The summed E-state index contributed by atoms with van der Waals surface area (Å²) >= 11 is 3.49. The van der Waals surface area contributed by atoms with Gasteiger partial charge in [-0.1, -0.05) is 19.3 Å². The zero-order chi connectivity index (χ0) is 13.9. The number of methoxy groups -OCH3 is 1. The van der Waals surface area contributed by atoms with Crippen molar-refractivity contribution in [3.63, 3.8) is 0 Å². The number of benzene rings is 1. The van der Waals surface area contributed by atoms with Crippen LogP contribution in [0.2, 0.25) is 0 Å². The molecule has 4 nitrogen and oxygen atoms in total. The topological polar surface area (TPSA) is 47.0 Å². The van der Waals surface area contributed by atoms with Crippen LogP contribution in [0.15, 0.2) is 22.8 Å². The van der Waals surface area contributed by atoms with Gasteiger partial charge in [-0.05, 0) is 34.8 Å². The van der Waals surface area contributed by atoms with E-state index >= 15 is 0 Å². The highest BCUT2D eigenvalue weighted by Crippen LogP contribution is 2.29. The van der Waals surface area contributed by atoms with E-state index in [2.05, 4.69) is 31.2 Å². The second-order valence-electron chi connectivity index (χ2n) is 5.21. The highest BCUT2D eigenvalue weighted by molar-refractivity contribution is 9.10. The zero-order valence-electron chi connectivity index (χ0n) is 11.9. The van der Waals surface area contributed by atoms with Gasteiger partial charge < -0.3 is 10.1 Å². The minimum atomic E-state index is 0. The minimum absolute atomic E-state index is 0. The van der Waals surface area contributed by atoms with Crippen LogP contribution in [0.5, 0.6) is 5.75 Å². The van der Waals surface area contributed by atoms with Gasteiger partial charge >= 0.3 is 0 Å². The number of rotatable bonds is 3. The van der Waals surface area contributed by atoms with Crippen LogP contribution in [-0.4, -0.2) is 23.1 Å². The quantitative estimate of drug-likeness (QED) is 0.857. The lowest BCUT2D eigenvalue weighted by molar-refractivity contribution is 0.412. The molecule has 0 unspecified atom stereocenters. The van der Waals surface area contributed by atoms with Crippen LogP contribution in [0.4, 0.5) is 5.82 Å². The van der Waals surface area contributed by atoms with Crippen molar-refractivity contribution in [1.82, 2.24) is 9.97 Å². The Kier molecular flexibility index (Phi) is 5.65. The molecule has 1 aromatic carbocycles. The molecule has 0 aliphatic heterocycles. The van der Waals surface area contributed by atoms with E-state index in [1.165, 1.54) is 32.1 Å². The predicted octanol–water partition coefficient (Wildman–Crippen LogP) is 4.57. The van der Waals surface area contributed by atoms with Gasteiger partial charge in [-0.3, -0.25) is 4.98 Å². The number of nitrogens with zero attached hydrogens (tertiary/aromatic N) is 2. The Balaban J connectivity index is 0.00000161. The van der Waals surface area contributed by atoms with Gasteiger partial charge in [0.1, 0.15) is 11.6 Å². The van der Waals surface area contributed by atoms with Crippen molar-refractivity contribution in [3.05, 3.63) is 22.8 Å². The molecule has 0 radical (unpaired) electrons. The maximum absolute atomic E-state index is 5.27. The number of halogens is 2. The molecule has 1 aliphatic rings. The molecule has 2 aromatic rings. The van der Waals surface area contributed by atoms with Crippen LogP contribution in [0.1, 0.15) is 32.1 Å². The Morgan fingerprint density at radius 2 is 1.95 bits per heavy atom. The fraction of sp³-hybridized carbons (Fsp3) is 0.467. The van der Waals surface area contributed by atoms with Gasteiger partial charge in [-0.2, -0.15) is 0 Å². The average molecular weight is 373 g/mol. The summed E-state index contributed by atoms with van der Waals surface area (Å²) in [6.45, 7) is 0. The number of hydrogen-bond donors (Lipinski definition) is 1. The van der Waals surface area contributed by atoms with E-state index in [9.17, 15) is 0 Å². The van der Waals surface area contributed by atoms with Gasteiger partial charge in [0, 0.05) is 12.1 Å². The number of nitrogens with one attached hydrogen (secondary N) is 1. The maximum Gasteiger partial charge on any atom is 0.145 e. The molecule has 21 heavy (non-hydrogen) atoms. The molecule has 0 bridgehead atoms. The van der Waals surface area contributed by atoms with Gasteiger partial charge in [0.25, 0.3) is 0 Å². The molecular formula is C15H19BrClN3O. The first-order chi connectivity index (χ1) is 9.76. The molecule has 0 amide bonds. The van der Waals surface area contributed by atoms with Crippen molar-refractivity contribution in [1.29, 1.82) is 0 Å². The Morgan fingerprint density at radius 3 is 2.67 bits per heavy atom. The Hall–Kier alpha value is -1.07. The molecular weight excluding hydrogens is 354 g/mol. The molecule has 0 atom stereocenters. The first-order valence-corrected chi connectivity index (χ1v) is 7.82. The van der Waals surface area contributed by atoms with Crippen molar-refractivity contribution in [2.75, 3.05) is 12.4 Å². The van der Waals surface area contributed by atoms with E-state index in [1.54, 1.807) is 7.11 Å². The molecule has 1 fully saturated rings. The lowest BCUT2D eigenvalue weighted by Gasteiger charge is -2.23. The van der Waals surface area contributed by atoms with E-state index in [-0.39, 0.29) is 12.4 Å². The maximum atomic E-state index is 5.27. The number of anilines is 1. The number of ether oxygens (including phenoxy) is 1. The van der Waals surface area contributed by atoms with Gasteiger partial charge in [-0.15, -0.1) is 12.4 Å². The van der Waals surface area contributed by atoms with Crippen LogP contribution in [0, 0.1) is 0 Å². The summed E-state index contributed by atoms with van der Waals surface area (Å²) in [6, 6.07) is 4.39. The molecule has 3 rings (SSSR count). The largest absolute Gasteiger partial charge is 0.495 e. The zero-order valence-corrected chi connectivity index (χ0v) is 14.3. The summed E-state index contributed by atoms with van der Waals surface area (Å²) in [5.74, 6) is 1.64. The van der Waals surface area contributed by atoms with Crippen LogP contribution < -0.4 is 10.1 Å². The van der Waals surface area contributed by atoms with Crippen molar-refractivity contribution in [2.45, 2.75) is 38.1 Å². The van der Waals surface area contributed by atoms with Crippen molar-refractivity contribution >= 4 is 45.2 Å². The first kappa shape index (κ1) is 16.3. The lowest BCUT2D eigenvalue weighted by atomic mass is 9.95. The summed E-state index contributed by atoms with van der Waals surface area (Å²) in [5, 5.41) is 3.50. The Morgan fingerprint density at radius 1 is 1.19 bits per heavy atom. The lowest BCUT2D eigenvalue weighted by Crippen LogP contribution is -2.22. The fourth-order valence-corrected chi connectivity index (χ4v) is 3.19. The van der Waals surface area contributed by atoms with Gasteiger partial charge in [0.2, 0.25) is 0 Å². The van der Waals surface area contributed by atoms with Crippen LogP contribution >= 0.6 is 28.3 Å². The van der Waals surface area contributed by atoms with E-state index in [0.717, 1.165) is 27.1 Å². The van der Waals surface area contributed by atoms with Gasteiger partial charge in [0.05, 0.1) is 28.8 Å². The number of fused-ring (bicyclic) bond motifs is 1. The Labute approximate surface area is 139 Å². The normalized spacial score (nSPS) is 15.5. The third kappa shape index (κ3) is 3.77. The number of hydrogen-bond acceptors (Lipinski definition) is 4. The van der Waals surface area contributed by atoms with Crippen LogP contribution in [0.25, 0.3) is 11.0 Å². The minimum Gasteiger partial charge on any atom is -0.495 e. The molecule has 6 heteroatoms. The van der Waals surface area contributed by atoms with E-state index in [0.29, 0.717) is 6.04 Å². The number of aromatic nitrogens is 2. The van der Waals surface area contributed by atoms with Gasteiger partial charge in [0.15, 0.2) is 0 Å². The van der Waals surface area contributed by atoms with Gasteiger partial charge in [-0.25, -0.2) is 4.98 Å². The smallest absolute Gasteiger partial charge is 0.145 e. The predicted molar refractivity (Wildman–Crippen MR) is 91.5 cm³/mol. The van der Waals surface area contributed by atoms with E-state index in [1.807, 2.05) is 18.3 Å². The fourth-order valence-electron chi connectivity index (χ4n) is 2.70. The summed E-state index contributed by atoms with van der Waals surface area (Å²) in [7, 11) is 1.65. The highest BCUT2D eigenvalue weighted by Gasteiger charge is 2.14. The second kappa shape index (κ2) is 7.27. The van der Waals surface area contributed by atoms with E-state index < -0.39 is 0 Å². The molecule has 1 saturated carbocycles. The summed E-state index contributed by atoms with van der Waals surface area (Å²) in [5.41, 5.74) is 1.72. The molecule has 1 aromatic heterocycles. The monoisotopic (exact) mass is 371 g/mol. The third-order valence-corrected chi connectivity index (χ3v) is 4.39. The standard InChI is InChI=1S/C15H18BrN3O.ClH/c1-20-14-8-12-13(7-11(14)16)19-15(9-17-12)18-10-5-3-2-4-6-10;/h7-10H,2-6H2,1H3,(H,18,19);1H. The van der Waals surface area contributed by atoms with Crippen LogP contribution in [0.3, 0.4) is 0 Å². The molecule has 114 valence electrons. The van der Waals surface area contributed by atoms with Crippen molar-refractivity contribution in [3.8, 4) is 5.75 Å².